The third kappa shape index (κ3) is 3.80. The van der Waals surface area contributed by atoms with Gasteiger partial charge in [0.2, 0.25) is 0 Å². The molecule has 0 aliphatic carbocycles. The van der Waals surface area contributed by atoms with E-state index in [4.69, 9.17) is 23.2 Å². The van der Waals surface area contributed by atoms with Crippen molar-refractivity contribution in [2.24, 2.45) is 0 Å². The topological polar surface area (TPSA) is 52.4 Å². The summed E-state index contributed by atoms with van der Waals surface area (Å²) >= 11 is 11.8. The van der Waals surface area contributed by atoms with Gasteiger partial charge in [0, 0.05) is 15.6 Å². The molecule has 0 unspecified atom stereocenters. The minimum absolute atomic E-state index is 0.0343. The van der Waals surface area contributed by atoms with Crippen LogP contribution in [-0.4, -0.2) is 11.3 Å². The zero-order chi connectivity index (χ0) is 16.5. The summed E-state index contributed by atoms with van der Waals surface area (Å²) in [6, 6.07) is 7.07. The number of benzene rings is 2. The first-order chi connectivity index (χ1) is 10.2. The van der Waals surface area contributed by atoms with Gasteiger partial charge in [-0.25, -0.2) is 0 Å². The van der Waals surface area contributed by atoms with Crippen LogP contribution in [0.2, 0.25) is 10.0 Å². The fourth-order valence-corrected chi connectivity index (χ4v) is 2.18. The van der Waals surface area contributed by atoms with Crippen LogP contribution >= 0.6 is 23.2 Å². The molecule has 0 N–H and O–H groups in total. The molecule has 0 spiro atoms. The third-order valence-electron chi connectivity index (χ3n) is 2.62. The lowest BCUT2D eigenvalue weighted by Crippen LogP contribution is -2.17. The van der Waals surface area contributed by atoms with Crippen LogP contribution in [0.5, 0.6) is 5.75 Å². The summed E-state index contributed by atoms with van der Waals surface area (Å²) in [6.07, 6.45) is -4.94. The lowest BCUT2D eigenvalue weighted by molar-refractivity contribution is -0.384. The molecule has 0 aliphatic rings. The Labute approximate surface area is 132 Å². The van der Waals surface area contributed by atoms with Gasteiger partial charge in [0.05, 0.1) is 16.6 Å². The predicted octanol–water partition coefficient (Wildman–Crippen LogP) is 5.47. The monoisotopic (exact) mass is 351 g/mol. The van der Waals surface area contributed by atoms with E-state index in [1.807, 2.05) is 0 Å². The summed E-state index contributed by atoms with van der Waals surface area (Å²) in [4.78, 5) is 10.3. The molecule has 4 nitrogen and oxygen atoms in total. The minimum Gasteiger partial charge on any atom is -0.406 e. The molecule has 0 aromatic heterocycles. The Balaban J connectivity index is 2.57. The average Bonchev–Trinajstić information content (AvgIpc) is 2.40. The predicted molar refractivity (Wildman–Crippen MR) is 75.2 cm³/mol. The van der Waals surface area contributed by atoms with Gasteiger partial charge in [0.1, 0.15) is 5.75 Å². The maximum atomic E-state index is 12.2. The van der Waals surface area contributed by atoms with Crippen molar-refractivity contribution in [3.05, 3.63) is 56.6 Å². The van der Waals surface area contributed by atoms with E-state index in [-0.39, 0.29) is 21.2 Å². The summed E-state index contributed by atoms with van der Waals surface area (Å²) in [6.45, 7) is 0. The zero-order valence-corrected chi connectivity index (χ0v) is 12.0. The van der Waals surface area contributed by atoms with Crippen molar-refractivity contribution >= 4 is 28.9 Å². The first-order valence-electron chi connectivity index (χ1n) is 5.67. The van der Waals surface area contributed by atoms with Gasteiger partial charge in [0.15, 0.2) is 0 Å². The molecular weight excluding hydrogens is 346 g/mol. The fraction of sp³-hybridized carbons (Fsp3) is 0.0769. The summed E-state index contributed by atoms with van der Waals surface area (Å²) in [5.74, 6) is -0.693. The standard InChI is InChI=1S/C13H6Cl2F3NO3/c14-7-1-4-11(15)10(5-7)9-3-2-8(22-13(16,17)18)6-12(9)19(20)21/h1-6H. The quantitative estimate of drug-likeness (QED) is 0.544. The Hall–Kier alpha value is -1.99. The van der Waals surface area contributed by atoms with Gasteiger partial charge in [-0.2, -0.15) is 0 Å². The second-order valence-corrected chi connectivity index (χ2v) is 4.95. The smallest absolute Gasteiger partial charge is 0.406 e. The molecule has 0 saturated carbocycles. The number of ether oxygens (including phenoxy) is 1. The molecule has 0 atom stereocenters. The molecule has 0 amide bonds. The lowest BCUT2D eigenvalue weighted by atomic mass is 10.0. The molecule has 0 heterocycles. The SMILES string of the molecule is O=[N+]([O-])c1cc(OC(F)(F)F)ccc1-c1cc(Cl)ccc1Cl. The van der Waals surface area contributed by atoms with Crippen LogP contribution < -0.4 is 4.74 Å². The summed E-state index contributed by atoms with van der Waals surface area (Å²) in [5, 5.41) is 11.6. The van der Waals surface area contributed by atoms with Gasteiger partial charge in [-0.05, 0) is 30.3 Å². The van der Waals surface area contributed by atoms with Crippen molar-refractivity contribution in [2.75, 3.05) is 0 Å². The number of halogens is 5. The number of rotatable bonds is 3. The van der Waals surface area contributed by atoms with E-state index in [0.717, 1.165) is 12.1 Å². The van der Waals surface area contributed by atoms with Crippen LogP contribution in [0.4, 0.5) is 18.9 Å². The molecule has 2 aromatic rings. The highest BCUT2D eigenvalue weighted by Gasteiger charge is 2.32. The number of nitro groups is 1. The van der Waals surface area contributed by atoms with E-state index in [2.05, 4.69) is 4.74 Å². The maximum absolute atomic E-state index is 12.2. The highest BCUT2D eigenvalue weighted by molar-refractivity contribution is 6.35. The van der Waals surface area contributed by atoms with Gasteiger partial charge in [-0.3, -0.25) is 10.1 Å². The molecule has 116 valence electrons. The fourth-order valence-electron chi connectivity index (χ4n) is 1.79. The number of hydrogen-bond donors (Lipinski definition) is 0. The van der Waals surface area contributed by atoms with Gasteiger partial charge >= 0.3 is 6.36 Å². The van der Waals surface area contributed by atoms with Crippen LogP contribution in [-0.2, 0) is 0 Å². The largest absolute Gasteiger partial charge is 0.573 e. The molecule has 0 radical (unpaired) electrons. The Morgan fingerprint density at radius 3 is 2.32 bits per heavy atom. The van der Waals surface area contributed by atoms with Crippen LogP contribution in [0, 0.1) is 10.1 Å². The van der Waals surface area contributed by atoms with Crippen molar-refractivity contribution in [3.63, 3.8) is 0 Å². The third-order valence-corrected chi connectivity index (χ3v) is 3.18. The van der Waals surface area contributed by atoms with E-state index in [1.165, 1.54) is 18.2 Å². The Morgan fingerprint density at radius 2 is 1.73 bits per heavy atom. The van der Waals surface area contributed by atoms with Gasteiger partial charge in [0.25, 0.3) is 5.69 Å². The van der Waals surface area contributed by atoms with Crippen LogP contribution in [0.25, 0.3) is 11.1 Å². The zero-order valence-electron chi connectivity index (χ0n) is 10.5. The molecule has 22 heavy (non-hydrogen) atoms. The molecule has 9 heteroatoms. The molecule has 2 rings (SSSR count). The normalized spacial score (nSPS) is 11.3. The minimum atomic E-state index is -4.94. The van der Waals surface area contributed by atoms with Crippen LogP contribution in [0.1, 0.15) is 0 Å². The number of nitro benzene ring substituents is 1. The average molecular weight is 352 g/mol. The molecular formula is C13H6Cl2F3NO3. The van der Waals surface area contributed by atoms with E-state index in [9.17, 15) is 23.3 Å². The molecule has 0 fully saturated rings. The van der Waals surface area contributed by atoms with E-state index in [0.29, 0.717) is 6.07 Å². The number of alkyl halides is 3. The molecule has 2 aromatic carbocycles. The van der Waals surface area contributed by atoms with Crippen molar-refractivity contribution in [1.82, 2.24) is 0 Å². The van der Waals surface area contributed by atoms with Crippen LogP contribution in [0.15, 0.2) is 36.4 Å². The van der Waals surface area contributed by atoms with Gasteiger partial charge < -0.3 is 4.74 Å². The molecule has 0 bridgehead atoms. The lowest BCUT2D eigenvalue weighted by Gasteiger charge is -2.11. The van der Waals surface area contributed by atoms with Crippen molar-refractivity contribution in [2.45, 2.75) is 6.36 Å². The Bertz CT molecular complexity index is 735. The maximum Gasteiger partial charge on any atom is 0.573 e. The van der Waals surface area contributed by atoms with Crippen molar-refractivity contribution in [3.8, 4) is 16.9 Å². The van der Waals surface area contributed by atoms with E-state index in [1.54, 1.807) is 0 Å². The molecule has 0 aliphatic heterocycles. The Morgan fingerprint density at radius 1 is 1.05 bits per heavy atom. The molecule has 0 saturated heterocycles. The highest BCUT2D eigenvalue weighted by Crippen LogP contribution is 2.39. The second-order valence-electron chi connectivity index (χ2n) is 4.11. The highest BCUT2D eigenvalue weighted by atomic mass is 35.5. The van der Waals surface area contributed by atoms with Gasteiger partial charge in [-0.1, -0.05) is 23.2 Å². The number of hydrogen-bond acceptors (Lipinski definition) is 3. The number of nitrogens with zero attached hydrogens (tertiary/aromatic N) is 1. The van der Waals surface area contributed by atoms with Crippen LogP contribution in [0.3, 0.4) is 0 Å². The Kier molecular flexibility index (Phi) is 4.48. The van der Waals surface area contributed by atoms with Gasteiger partial charge in [-0.15, -0.1) is 13.2 Å². The summed E-state index contributed by atoms with van der Waals surface area (Å²) in [7, 11) is 0. The van der Waals surface area contributed by atoms with E-state index >= 15 is 0 Å². The first kappa shape index (κ1) is 16.4. The van der Waals surface area contributed by atoms with E-state index < -0.39 is 22.7 Å². The summed E-state index contributed by atoms with van der Waals surface area (Å²) < 4.78 is 40.2. The second kappa shape index (κ2) is 6.02. The van der Waals surface area contributed by atoms with Crippen molar-refractivity contribution in [1.29, 1.82) is 0 Å². The summed E-state index contributed by atoms with van der Waals surface area (Å²) in [5.41, 5.74) is -0.308. The first-order valence-corrected chi connectivity index (χ1v) is 6.42. The van der Waals surface area contributed by atoms with Crippen molar-refractivity contribution < 1.29 is 22.8 Å².